The van der Waals surface area contributed by atoms with E-state index in [4.69, 9.17) is 4.74 Å². The number of carbonyl (C=O) groups excluding carboxylic acids is 1. The molecule has 8 nitrogen and oxygen atoms in total. The number of benzene rings is 1. The molecule has 0 radical (unpaired) electrons. The summed E-state index contributed by atoms with van der Waals surface area (Å²) < 4.78 is 7.50. The van der Waals surface area contributed by atoms with Gasteiger partial charge in [-0.15, -0.1) is 5.10 Å². The van der Waals surface area contributed by atoms with E-state index in [1.54, 1.807) is 32.5 Å². The lowest BCUT2D eigenvalue weighted by Gasteiger charge is -2.19. The number of nitriles is 1. The number of aryl methyl sites for hydroxylation is 3. The minimum absolute atomic E-state index is 0.142. The average molecular weight is 433 g/mol. The van der Waals surface area contributed by atoms with E-state index in [1.165, 1.54) is 4.80 Å². The highest BCUT2D eigenvalue weighted by Crippen LogP contribution is 2.33. The Morgan fingerprint density at radius 2 is 1.78 bits per heavy atom. The summed E-state index contributed by atoms with van der Waals surface area (Å²) >= 11 is 0. The van der Waals surface area contributed by atoms with Gasteiger partial charge in [0.2, 0.25) is 0 Å². The normalized spacial score (nSPS) is 12.3. The molecule has 0 aliphatic heterocycles. The minimum Gasteiger partial charge on any atom is -0.422 e. The third-order valence-corrected chi connectivity index (χ3v) is 5.12. The molecular weight excluding hydrogens is 404 g/mol. The molecule has 0 saturated carbocycles. The molecule has 3 aromatic rings. The highest BCUT2D eigenvalue weighted by molar-refractivity contribution is 5.97. The van der Waals surface area contributed by atoms with Gasteiger partial charge in [-0.2, -0.15) is 20.3 Å². The largest absolute Gasteiger partial charge is 0.422 e. The first-order valence-corrected chi connectivity index (χ1v) is 10.5. The number of aromatic nitrogens is 5. The fourth-order valence-corrected chi connectivity index (χ4v) is 3.20. The molecule has 0 aliphatic carbocycles. The van der Waals surface area contributed by atoms with Crippen molar-refractivity contribution in [1.29, 1.82) is 5.26 Å². The number of esters is 1. The van der Waals surface area contributed by atoms with E-state index in [2.05, 4.69) is 21.4 Å². The Kier molecular flexibility index (Phi) is 6.30. The van der Waals surface area contributed by atoms with E-state index in [0.717, 1.165) is 16.9 Å². The molecule has 32 heavy (non-hydrogen) atoms. The predicted molar refractivity (Wildman–Crippen MR) is 121 cm³/mol. The van der Waals surface area contributed by atoms with Crippen LogP contribution < -0.4 is 0 Å². The second-order valence-corrected chi connectivity index (χ2v) is 8.61. The van der Waals surface area contributed by atoms with Crippen LogP contribution in [0.3, 0.4) is 0 Å². The lowest BCUT2D eigenvalue weighted by Crippen LogP contribution is -2.23. The Morgan fingerprint density at radius 1 is 1.12 bits per heavy atom. The van der Waals surface area contributed by atoms with Crippen molar-refractivity contribution in [3.63, 3.8) is 0 Å². The van der Waals surface area contributed by atoms with Crippen molar-refractivity contribution in [2.75, 3.05) is 0 Å². The summed E-state index contributed by atoms with van der Waals surface area (Å²) in [7, 11) is 1.76. The number of nitrogens with zero attached hydrogens (tertiary/aromatic N) is 6. The average Bonchev–Trinajstić information content (AvgIpc) is 3.28. The van der Waals surface area contributed by atoms with E-state index in [9.17, 15) is 10.1 Å². The molecule has 3 rings (SSSR count). The van der Waals surface area contributed by atoms with Gasteiger partial charge in [-0.05, 0) is 53.2 Å². The van der Waals surface area contributed by atoms with Crippen LogP contribution >= 0.6 is 0 Å². The second-order valence-electron chi connectivity index (χ2n) is 8.61. The number of carbonyl (C=O) groups is 1. The Hall–Kier alpha value is -3.73. The van der Waals surface area contributed by atoms with Crippen LogP contribution in [0.2, 0.25) is 0 Å². The highest BCUT2D eigenvalue weighted by atomic mass is 16.5. The highest BCUT2D eigenvalue weighted by Gasteiger charge is 2.31. The Balaban J connectivity index is 2.30. The summed E-state index contributed by atoms with van der Waals surface area (Å²) in [5.74, 6) is -0.310. The standard InChI is InChI=1S/C24H28N6O2/c1-8-19-20(28-30(27-19)17-12-10-9-11-13-17)18(14-25)22(32-23(31)24(4,5)6)21-15(2)16(3)26-29(21)7/h9-13H,8H2,1-7H3/b22-18-. The zero-order chi connectivity index (χ0) is 23.6. The number of allylic oxidation sites excluding steroid dienone is 1. The predicted octanol–water partition coefficient (Wildman–Crippen LogP) is 4.16. The molecule has 0 saturated heterocycles. The van der Waals surface area contributed by atoms with Crippen LogP contribution in [0.5, 0.6) is 0 Å². The summed E-state index contributed by atoms with van der Waals surface area (Å²) in [6.45, 7) is 11.0. The molecule has 0 amide bonds. The first kappa shape index (κ1) is 22.9. The van der Waals surface area contributed by atoms with Gasteiger partial charge in [-0.3, -0.25) is 9.48 Å². The van der Waals surface area contributed by atoms with Crippen LogP contribution in [0.15, 0.2) is 30.3 Å². The first-order chi connectivity index (χ1) is 15.1. The second kappa shape index (κ2) is 8.79. The molecule has 166 valence electrons. The molecule has 0 bridgehead atoms. The van der Waals surface area contributed by atoms with Gasteiger partial charge in [-0.25, -0.2) is 0 Å². The smallest absolute Gasteiger partial charge is 0.316 e. The molecule has 0 fully saturated rings. The molecule has 2 aromatic heterocycles. The molecule has 8 heteroatoms. The van der Waals surface area contributed by atoms with Crippen molar-refractivity contribution >= 4 is 17.3 Å². The zero-order valence-electron chi connectivity index (χ0n) is 19.6. The van der Waals surface area contributed by atoms with Crippen LogP contribution in [0.25, 0.3) is 17.0 Å². The van der Waals surface area contributed by atoms with Gasteiger partial charge in [0.15, 0.2) is 5.76 Å². The third kappa shape index (κ3) is 4.33. The summed E-state index contributed by atoms with van der Waals surface area (Å²) in [6.07, 6.45) is 0.553. The van der Waals surface area contributed by atoms with Gasteiger partial charge in [0.05, 0.1) is 22.5 Å². The monoisotopic (exact) mass is 432 g/mol. The molecule has 0 aliphatic rings. The van der Waals surface area contributed by atoms with Gasteiger partial charge in [0.25, 0.3) is 0 Å². The number of rotatable bonds is 5. The quantitative estimate of drug-likeness (QED) is 0.341. The zero-order valence-corrected chi connectivity index (χ0v) is 19.6. The Labute approximate surface area is 188 Å². The summed E-state index contributed by atoms with van der Waals surface area (Å²) in [6, 6.07) is 11.7. The summed E-state index contributed by atoms with van der Waals surface area (Å²) in [4.78, 5) is 14.4. The van der Waals surface area contributed by atoms with Crippen LogP contribution in [0.4, 0.5) is 0 Å². The molecular formula is C24H28N6O2. The number of hydrogen-bond donors (Lipinski definition) is 0. The molecule has 2 heterocycles. The van der Waals surface area contributed by atoms with Crippen LogP contribution in [0.1, 0.15) is 56.0 Å². The van der Waals surface area contributed by atoms with E-state index < -0.39 is 11.4 Å². The SMILES string of the molecule is CCc1nn(-c2ccccc2)nc1/C(C#N)=C(\OC(=O)C(C)(C)C)c1c(C)c(C)nn1C. The van der Waals surface area contributed by atoms with Crippen molar-refractivity contribution in [3.8, 4) is 11.8 Å². The van der Waals surface area contributed by atoms with Gasteiger partial charge in [0, 0.05) is 12.6 Å². The van der Waals surface area contributed by atoms with E-state index in [1.807, 2.05) is 51.1 Å². The van der Waals surface area contributed by atoms with Gasteiger partial charge >= 0.3 is 5.97 Å². The Morgan fingerprint density at radius 3 is 2.28 bits per heavy atom. The summed E-state index contributed by atoms with van der Waals surface area (Å²) in [5, 5.41) is 23.8. The molecule has 1 aromatic carbocycles. The van der Waals surface area contributed by atoms with Crippen LogP contribution in [-0.2, 0) is 23.0 Å². The van der Waals surface area contributed by atoms with E-state index in [0.29, 0.717) is 23.5 Å². The molecule has 0 atom stereocenters. The lowest BCUT2D eigenvalue weighted by molar-refractivity contribution is -0.145. The maximum absolute atomic E-state index is 12.9. The maximum Gasteiger partial charge on any atom is 0.316 e. The fraction of sp³-hybridized carbons (Fsp3) is 0.375. The molecule has 0 N–H and O–H groups in total. The van der Waals surface area contributed by atoms with Crippen molar-refractivity contribution in [2.45, 2.75) is 48.0 Å². The molecule has 0 unspecified atom stereocenters. The van der Waals surface area contributed by atoms with Gasteiger partial charge in [-0.1, -0.05) is 25.1 Å². The number of para-hydroxylation sites is 1. The maximum atomic E-state index is 12.9. The van der Waals surface area contributed by atoms with Gasteiger partial charge < -0.3 is 4.74 Å². The van der Waals surface area contributed by atoms with Gasteiger partial charge in [0.1, 0.15) is 23.0 Å². The number of hydrogen-bond acceptors (Lipinski definition) is 6. The Bertz CT molecular complexity index is 1220. The van der Waals surface area contributed by atoms with Crippen LogP contribution in [0, 0.1) is 30.6 Å². The fourth-order valence-electron chi connectivity index (χ4n) is 3.20. The number of ether oxygens (including phenoxy) is 1. The van der Waals surface area contributed by atoms with Crippen molar-refractivity contribution in [1.82, 2.24) is 24.8 Å². The lowest BCUT2D eigenvalue weighted by atomic mass is 9.97. The topological polar surface area (TPSA) is 98.6 Å². The minimum atomic E-state index is -0.761. The first-order valence-electron chi connectivity index (χ1n) is 10.5. The van der Waals surface area contributed by atoms with Crippen molar-refractivity contribution < 1.29 is 9.53 Å². The molecule has 0 spiro atoms. The summed E-state index contributed by atoms with van der Waals surface area (Å²) in [5.41, 5.74) is 3.34. The van der Waals surface area contributed by atoms with Crippen LogP contribution in [-0.4, -0.2) is 30.7 Å². The van der Waals surface area contributed by atoms with E-state index in [-0.39, 0.29) is 11.3 Å². The van der Waals surface area contributed by atoms with Crippen molar-refractivity contribution in [2.24, 2.45) is 12.5 Å². The third-order valence-electron chi connectivity index (χ3n) is 5.12. The van der Waals surface area contributed by atoms with Crippen molar-refractivity contribution in [3.05, 3.63) is 58.7 Å². The van der Waals surface area contributed by atoms with E-state index >= 15 is 0 Å².